The number of carbonyl (C=O) groups is 2. The van der Waals surface area contributed by atoms with E-state index < -0.39 is 17.6 Å². The first-order chi connectivity index (χ1) is 12.5. The molecule has 0 aliphatic carbocycles. The summed E-state index contributed by atoms with van der Waals surface area (Å²) < 4.78 is 17.4. The maximum absolute atomic E-state index is 13.6. The number of hydrogen-bond acceptors (Lipinski definition) is 5. The van der Waals surface area contributed by atoms with E-state index in [2.05, 4.69) is 48.5 Å². The lowest BCUT2D eigenvalue weighted by molar-refractivity contribution is -0.180. The highest BCUT2D eigenvalue weighted by atomic mass is 16.7. The van der Waals surface area contributed by atoms with E-state index >= 15 is 0 Å². The van der Waals surface area contributed by atoms with Gasteiger partial charge in [0.05, 0.1) is 17.4 Å². The van der Waals surface area contributed by atoms with Crippen molar-refractivity contribution in [1.29, 1.82) is 0 Å². The van der Waals surface area contributed by atoms with Crippen molar-refractivity contribution in [3.05, 3.63) is 0 Å². The lowest BCUT2D eigenvalue weighted by atomic mass is 9.58. The van der Waals surface area contributed by atoms with Crippen LogP contribution in [0.2, 0.25) is 0 Å². The largest absolute Gasteiger partial charge is 0.455 e. The van der Waals surface area contributed by atoms with Crippen LogP contribution in [-0.4, -0.2) is 36.4 Å². The van der Waals surface area contributed by atoms with E-state index in [0.29, 0.717) is 6.42 Å². The SMILES string of the molecule is CCC(C)(CC)CC(C)(C(=O)OC1C2CC3C(=O)O[C@@H]1C3O2)C(C)(C)CC. The van der Waals surface area contributed by atoms with Gasteiger partial charge in [0.15, 0.2) is 12.2 Å². The Balaban J connectivity index is 1.83. The van der Waals surface area contributed by atoms with Crippen LogP contribution in [0.1, 0.15) is 80.6 Å². The summed E-state index contributed by atoms with van der Waals surface area (Å²) in [6, 6.07) is 0. The minimum absolute atomic E-state index is 0.0797. The molecular formula is C22H36O5. The van der Waals surface area contributed by atoms with Crippen molar-refractivity contribution in [1.82, 2.24) is 0 Å². The van der Waals surface area contributed by atoms with Gasteiger partial charge in [-0.05, 0) is 37.0 Å². The molecule has 3 aliphatic heterocycles. The summed E-state index contributed by atoms with van der Waals surface area (Å²) >= 11 is 0. The van der Waals surface area contributed by atoms with Crippen LogP contribution in [0.3, 0.4) is 0 Å². The second kappa shape index (κ2) is 6.75. The van der Waals surface area contributed by atoms with Gasteiger partial charge in [0.25, 0.3) is 0 Å². The van der Waals surface area contributed by atoms with E-state index in [1.807, 2.05) is 0 Å². The minimum Gasteiger partial charge on any atom is -0.455 e. The summed E-state index contributed by atoms with van der Waals surface area (Å²) in [6.07, 6.45) is 2.97. The van der Waals surface area contributed by atoms with Gasteiger partial charge in [-0.3, -0.25) is 9.59 Å². The van der Waals surface area contributed by atoms with E-state index in [1.165, 1.54) is 0 Å². The van der Waals surface area contributed by atoms with Crippen molar-refractivity contribution >= 4 is 11.9 Å². The third kappa shape index (κ3) is 3.10. The highest BCUT2D eigenvalue weighted by molar-refractivity contribution is 5.79. The molecule has 3 saturated heterocycles. The maximum atomic E-state index is 13.6. The van der Waals surface area contributed by atoms with Crippen molar-refractivity contribution in [2.24, 2.45) is 22.2 Å². The van der Waals surface area contributed by atoms with Crippen LogP contribution in [0.25, 0.3) is 0 Å². The Morgan fingerprint density at radius 3 is 2.26 bits per heavy atom. The van der Waals surface area contributed by atoms with E-state index in [9.17, 15) is 9.59 Å². The first-order valence-electron chi connectivity index (χ1n) is 10.6. The third-order valence-electron chi connectivity index (χ3n) is 8.34. The number of carbonyl (C=O) groups excluding carboxylic acids is 2. The second-order valence-corrected chi connectivity index (χ2v) is 10.0. The van der Waals surface area contributed by atoms with E-state index in [-0.39, 0.29) is 40.9 Å². The smallest absolute Gasteiger partial charge is 0.312 e. The van der Waals surface area contributed by atoms with Gasteiger partial charge in [-0.15, -0.1) is 0 Å². The molecular weight excluding hydrogens is 344 g/mol. The van der Waals surface area contributed by atoms with Gasteiger partial charge in [0.2, 0.25) is 0 Å². The molecule has 5 heteroatoms. The molecule has 0 aromatic heterocycles. The van der Waals surface area contributed by atoms with Crippen LogP contribution in [0.5, 0.6) is 0 Å². The van der Waals surface area contributed by atoms with E-state index in [1.54, 1.807) is 0 Å². The van der Waals surface area contributed by atoms with Gasteiger partial charge in [0, 0.05) is 0 Å². The molecule has 27 heavy (non-hydrogen) atoms. The maximum Gasteiger partial charge on any atom is 0.312 e. The van der Waals surface area contributed by atoms with Crippen LogP contribution < -0.4 is 0 Å². The van der Waals surface area contributed by atoms with E-state index in [0.717, 1.165) is 25.7 Å². The molecule has 3 heterocycles. The average molecular weight is 381 g/mol. The number of fused-ring (bicyclic) bond motifs is 1. The Labute approximate surface area is 163 Å². The summed E-state index contributed by atoms with van der Waals surface area (Å²) in [6.45, 7) is 15.1. The first kappa shape index (κ1) is 20.6. The molecule has 0 N–H and O–H groups in total. The summed E-state index contributed by atoms with van der Waals surface area (Å²) in [5.74, 6) is -0.549. The molecule has 0 radical (unpaired) electrons. The van der Waals surface area contributed by atoms with Crippen LogP contribution in [0.15, 0.2) is 0 Å². The second-order valence-electron chi connectivity index (χ2n) is 10.0. The zero-order valence-corrected chi connectivity index (χ0v) is 18.0. The molecule has 6 atom stereocenters. The van der Waals surface area contributed by atoms with Gasteiger partial charge in [0.1, 0.15) is 6.10 Å². The molecule has 0 aromatic carbocycles. The van der Waals surface area contributed by atoms with Crippen LogP contribution >= 0.6 is 0 Å². The van der Waals surface area contributed by atoms with Gasteiger partial charge in [-0.25, -0.2) is 0 Å². The summed E-state index contributed by atoms with van der Waals surface area (Å²) in [4.78, 5) is 25.5. The highest BCUT2D eigenvalue weighted by Crippen LogP contribution is 2.53. The predicted octanol–water partition coefficient (Wildman–Crippen LogP) is 4.27. The number of hydrogen-bond donors (Lipinski definition) is 0. The fraction of sp³-hybridized carbons (Fsp3) is 0.909. The Hall–Kier alpha value is -1.10. The van der Waals surface area contributed by atoms with Crippen molar-refractivity contribution in [2.45, 2.75) is 105 Å². The van der Waals surface area contributed by atoms with Crippen molar-refractivity contribution in [3.8, 4) is 0 Å². The van der Waals surface area contributed by atoms with Gasteiger partial charge < -0.3 is 14.2 Å². The molecule has 5 unspecified atom stereocenters. The molecule has 0 spiro atoms. The Bertz CT molecular complexity index is 608. The topological polar surface area (TPSA) is 61.8 Å². The van der Waals surface area contributed by atoms with Crippen molar-refractivity contribution < 1.29 is 23.8 Å². The summed E-state index contributed by atoms with van der Waals surface area (Å²) in [5, 5.41) is 0. The van der Waals surface area contributed by atoms with Crippen LogP contribution in [0, 0.1) is 22.2 Å². The number of esters is 2. The fourth-order valence-electron chi connectivity index (χ4n) is 4.97. The molecule has 0 saturated carbocycles. The lowest BCUT2D eigenvalue weighted by Crippen LogP contribution is -2.50. The van der Waals surface area contributed by atoms with Crippen molar-refractivity contribution in [2.75, 3.05) is 0 Å². The Morgan fingerprint density at radius 1 is 1.07 bits per heavy atom. The van der Waals surface area contributed by atoms with Gasteiger partial charge >= 0.3 is 11.9 Å². The molecule has 2 bridgehead atoms. The molecule has 3 fully saturated rings. The summed E-state index contributed by atoms with van der Waals surface area (Å²) in [7, 11) is 0. The van der Waals surface area contributed by atoms with Crippen molar-refractivity contribution in [3.63, 3.8) is 0 Å². The Kier molecular flexibility index (Phi) is 5.16. The van der Waals surface area contributed by atoms with Crippen LogP contribution in [0.4, 0.5) is 0 Å². The molecule has 5 nitrogen and oxygen atoms in total. The number of rotatable bonds is 8. The molecule has 3 aliphatic rings. The van der Waals surface area contributed by atoms with E-state index in [4.69, 9.17) is 14.2 Å². The monoisotopic (exact) mass is 380 g/mol. The zero-order chi connectivity index (χ0) is 20.2. The summed E-state index contributed by atoms with van der Waals surface area (Å²) in [5.41, 5.74) is -0.744. The zero-order valence-electron chi connectivity index (χ0n) is 18.0. The predicted molar refractivity (Wildman–Crippen MR) is 102 cm³/mol. The Morgan fingerprint density at radius 2 is 1.70 bits per heavy atom. The van der Waals surface area contributed by atoms with Crippen LogP contribution in [-0.2, 0) is 23.8 Å². The third-order valence-corrected chi connectivity index (χ3v) is 8.34. The highest BCUT2D eigenvalue weighted by Gasteiger charge is 2.65. The molecule has 0 amide bonds. The van der Waals surface area contributed by atoms with Gasteiger partial charge in [-0.1, -0.05) is 54.4 Å². The molecule has 0 aromatic rings. The minimum atomic E-state index is -0.619. The fourth-order valence-corrected chi connectivity index (χ4v) is 4.97. The first-order valence-corrected chi connectivity index (χ1v) is 10.6. The normalized spacial score (nSPS) is 34.5. The standard InChI is InChI=1S/C22H36O5/c1-8-20(4,5)22(7,12-21(6,9-2)10-3)19(24)27-16-14-11-13-15(25-14)17(16)26-18(13)23/h13-17H,8-12H2,1-7H3/t13?,14?,15?,16?,17-,22?/m1/s1. The average Bonchev–Trinajstić information content (AvgIpc) is 3.26. The molecule has 154 valence electrons. The lowest BCUT2D eigenvalue weighted by Gasteiger charge is -2.47. The number of ether oxygens (including phenoxy) is 3. The quantitative estimate of drug-likeness (QED) is 0.589. The molecule has 3 rings (SSSR count). The van der Waals surface area contributed by atoms with Gasteiger partial charge in [-0.2, -0.15) is 0 Å².